The van der Waals surface area contributed by atoms with Crippen molar-refractivity contribution in [3.63, 3.8) is 0 Å². The van der Waals surface area contributed by atoms with E-state index in [0.717, 1.165) is 22.9 Å². The molecule has 2 aromatic rings. The van der Waals surface area contributed by atoms with Crippen molar-refractivity contribution in [3.8, 4) is 11.3 Å². The first-order valence-electron chi connectivity index (χ1n) is 7.07. The summed E-state index contributed by atoms with van der Waals surface area (Å²) in [6.45, 7) is 1.90. The summed E-state index contributed by atoms with van der Waals surface area (Å²) in [5.74, 6) is 0.702. The molecular formula is C16H15N2O5S+. The van der Waals surface area contributed by atoms with Gasteiger partial charge in [-0.15, -0.1) is 0 Å². The summed E-state index contributed by atoms with van der Waals surface area (Å²) in [5.41, 5.74) is 1.09. The van der Waals surface area contributed by atoms with E-state index in [1.54, 1.807) is 36.4 Å². The number of benzene rings is 1. The zero-order valence-corrected chi connectivity index (χ0v) is 13.8. The number of rotatable bonds is 4. The molecule has 1 unspecified atom stereocenters. The van der Waals surface area contributed by atoms with Crippen LogP contribution >= 0.6 is 11.8 Å². The number of aryl methyl sites for hydroxylation is 1. The van der Waals surface area contributed by atoms with Crippen molar-refractivity contribution < 1.29 is 24.1 Å². The van der Waals surface area contributed by atoms with E-state index in [2.05, 4.69) is 10.2 Å². The minimum absolute atomic E-state index is 0.342. The average molecular weight is 347 g/mol. The van der Waals surface area contributed by atoms with Crippen LogP contribution in [0.4, 0.5) is 5.69 Å². The van der Waals surface area contributed by atoms with E-state index >= 15 is 0 Å². The molecule has 1 atom stereocenters. The lowest BCUT2D eigenvalue weighted by Gasteiger charge is -2.01. The highest BCUT2D eigenvalue weighted by Gasteiger charge is 2.25. The van der Waals surface area contributed by atoms with Crippen LogP contribution in [0, 0.1) is 11.8 Å². The topological polar surface area (TPSA) is 91.8 Å². The number of carbonyl (C=O) groups excluding carboxylic acids is 1. The third-order valence-corrected chi connectivity index (χ3v) is 4.38. The minimum Gasteiger partial charge on any atom is -0.457 e. The SMILES string of the molecule is CO[N+](=O)c1ccc(C)c(-c2ccc(C=C3SC(O)NC3=O)o2)c1. The van der Waals surface area contributed by atoms with Crippen molar-refractivity contribution in [1.29, 1.82) is 0 Å². The number of hydrogen-bond donors (Lipinski definition) is 2. The lowest BCUT2D eigenvalue weighted by molar-refractivity contribution is -0.736. The van der Waals surface area contributed by atoms with Crippen LogP contribution < -0.4 is 5.32 Å². The summed E-state index contributed by atoms with van der Waals surface area (Å²) in [6, 6.07) is 8.60. The number of hydrogen-bond acceptors (Lipinski definition) is 6. The van der Waals surface area contributed by atoms with Gasteiger partial charge in [-0.05, 0) is 24.6 Å². The van der Waals surface area contributed by atoms with Crippen molar-refractivity contribution in [2.75, 3.05) is 7.11 Å². The molecule has 1 fully saturated rings. The van der Waals surface area contributed by atoms with E-state index in [1.807, 2.05) is 6.92 Å². The van der Waals surface area contributed by atoms with E-state index in [9.17, 15) is 14.8 Å². The number of thioether (sulfide) groups is 1. The molecule has 7 nitrogen and oxygen atoms in total. The normalized spacial score (nSPS) is 18.7. The van der Waals surface area contributed by atoms with Gasteiger partial charge in [0.15, 0.2) is 12.7 Å². The number of aliphatic hydroxyl groups excluding tert-OH is 1. The Balaban J connectivity index is 1.92. The molecule has 0 aliphatic carbocycles. The number of furan rings is 1. The fourth-order valence-corrected chi connectivity index (χ4v) is 3.04. The van der Waals surface area contributed by atoms with Gasteiger partial charge in [0.25, 0.3) is 10.8 Å². The molecule has 1 aromatic heterocycles. The number of nitrogens with zero attached hydrogens (tertiary/aromatic N) is 1. The molecule has 2 N–H and O–H groups in total. The van der Waals surface area contributed by atoms with E-state index in [1.165, 1.54) is 7.11 Å². The van der Waals surface area contributed by atoms with Crippen molar-refractivity contribution in [1.82, 2.24) is 5.32 Å². The van der Waals surface area contributed by atoms with Crippen LogP contribution in [0.2, 0.25) is 0 Å². The van der Waals surface area contributed by atoms with Gasteiger partial charge in [-0.3, -0.25) is 4.79 Å². The maximum atomic E-state index is 11.6. The fraction of sp³-hybridized carbons (Fsp3) is 0.188. The Morgan fingerprint density at radius 1 is 1.38 bits per heavy atom. The van der Waals surface area contributed by atoms with Crippen LogP contribution in [0.25, 0.3) is 17.4 Å². The van der Waals surface area contributed by atoms with Crippen molar-refractivity contribution in [3.05, 3.63) is 51.5 Å². The van der Waals surface area contributed by atoms with Gasteiger partial charge in [-0.25, -0.2) is 4.84 Å². The molecule has 1 aliphatic heterocycles. The van der Waals surface area contributed by atoms with Crippen LogP contribution in [0.1, 0.15) is 11.3 Å². The van der Waals surface area contributed by atoms with Gasteiger partial charge in [0, 0.05) is 23.8 Å². The molecule has 3 rings (SSSR count). The van der Waals surface area contributed by atoms with Gasteiger partial charge in [-0.1, -0.05) is 17.8 Å². The maximum Gasteiger partial charge on any atom is 0.317 e. The second-order valence-corrected chi connectivity index (χ2v) is 6.22. The second kappa shape index (κ2) is 6.50. The first-order valence-corrected chi connectivity index (χ1v) is 7.95. The Bertz CT molecular complexity index is 843. The molecule has 124 valence electrons. The van der Waals surface area contributed by atoms with Crippen molar-refractivity contribution in [2.45, 2.75) is 12.5 Å². The summed E-state index contributed by atoms with van der Waals surface area (Å²) in [7, 11) is 1.29. The summed E-state index contributed by atoms with van der Waals surface area (Å²) in [4.78, 5) is 28.6. The van der Waals surface area contributed by atoms with E-state index in [-0.39, 0.29) is 5.91 Å². The molecule has 0 bridgehead atoms. The Labute approximate surface area is 141 Å². The summed E-state index contributed by atoms with van der Waals surface area (Å²) < 4.78 is 5.75. The van der Waals surface area contributed by atoms with E-state index < -0.39 is 5.56 Å². The van der Waals surface area contributed by atoms with Crippen LogP contribution in [-0.4, -0.2) is 28.6 Å². The van der Waals surface area contributed by atoms with E-state index in [0.29, 0.717) is 27.0 Å². The van der Waals surface area contributed by atoms with E-state index in [4.69, 9.17) is 4.42 Å². The van der Waals surface area contributed by atoms with Gasteiger partial charge >= 0.3 is 5.69 Å². The summed E-state index contributed by atoms with van der Waals surface area (Å²) in [6.07, 6.45) is 1.56. The molecule has 24 heavy (non-hydrogen) atoms. The van der Waals surface area contributed by atoms with Crippen LogP contribution in [0.3, 0.4) is 0 Å². The van der Waals surface area contributed by atoms with Crippen LogP contribution in [0.5, 0.6) is 0 Å². The smallest absolute Gasteiger partial charge is 0.317 e. The maximum absolute atomic E-state index is 11.6. The lowest BCUT2D eigenvalue weighted by atomic mass is 10.1. The van der Waals surface area contributed by atoms with Gasteiger partial charge in [0.2, 0.25) is 0 Å². The number of amides is 1. The number of carbonyl (C=O) groups is 1. The molecule has 0 saturated carbocycles. The molecule has 1 amide bonds. The first kappa shape index (κ1) is 16.3. The van der Waals surface area contributed by atoms with Crippen molar-refractivity contribution in [2.24, 2.45) is 0 Å². The Kier molecular flexibility index (Phi) is 4.41. The molecule has 1 saturated heterocycles. The highest BCUT2D eigenvalue weighted by Crippen LogP contribution is 2.32. The highest BCUT2D eigenvalue weighted by molar-refractivity contribution is 8.05. The molecule has 0 radical (unpaired) electrons. The molecule has 1 aliphatic rings. The Morgan fingerprint density at radius 2 is 2.17 bits per heavy atom. The predicted molar refractivity (Wildman–Crippen MR) is 88.9 cm³/mol. The standard InChI is InChI=1S/C16H14N2O5S/c1-9-3-4-10(18(21)22-2)7-12(9)13-6-5-11(23-13)8-14-15(19)17-16(20)24-14/h3-8,16,20H,1-2H3/p+1. The highest BCUT2D eigenvalue weighted by atomic mass is 32.2. The van der Waals surface area contributed by atoms with Gasteiger partial charge < -0.3 is 14.8 Å². The zero-order chi connectivity index (χ0) is 17.3. The molecular weight excluding hydrogens is 332 g/mol. The average Bonchev–Trinajstić information content (AvgIpc) is 3.14. The van der Waals surface area contributed by atoms with Gasteiger partial charge in [0.05, 0.1) is 9.81 Å². The second-order valence-electron chi connectivity index (χ2n) is 5.09. The Morgan fingerprint density at radius 3 is 2.83 bits per heavy atom. The van der Waals surface area contributed by atoms with Crippen molar-refractivity contribution >= 4 is 29.4 Å². The quantitative estimate of drug-likeness (QED) is 0.653. The third-order valence-electron chi connectivity index (χ3n) is 3.48. The van der Waals surface area contributed by atoms with Crippen LogP contribution in [-0.2, 0) is 9.63 Å². The third kappa shape index (κ3) is 3.19. The molecule has 2 heterocycles. The zero-order valence-electron chi connectivity index (χ0n) is 13.0. The van der Waals surface area contributed by atoms with Gasteiger partial charge in [0.1, 0.15) is 11.5 Å². The fourth-order valence-electron chi connectivity index (χ4n) is 2.28. The number of aliphatic hydroxyl groups is 1. The lowest BCUT2D eigenvalue weighted by Crippen LogP contribution is -2.23. The summed E-state index contributed by atoms with van der Waals surface area (Å²) >= 11 is 1.02. The molecule has 8 heteroatoms. The molecule has 1 aromatic carbocycles. The molecule has 0 spiro atoms. The minimum atomic E-state index is -0.936. The monoisotopic (exact) mass is 347 g/mol. The Hall–Kier alpha value is -2.58. The predicted octanol–water partition coefficient (Wildman–Crippen LogP) is 2.71. The summed E-state index contributed by atoms with van der Waals surface area (Å²) in [5, 5.41) is 11.8. The first-order chi connectivity index (χ1) is 11.5. The number of nitrogens with one attached hydrogen (secondary N) is 1. The largest absolute Gasteiger partial charge is 0.457 e. The van der Waals surface area contributed by atoms with Crippen LogP contribution in [0.15, 0.2) is 39.7 Å². The van der Waals surface area contributed by atoms with Gasteiger partial charge in [-0.2, -0.15) is 0 Å².